The van der Waals surface area contributed by atoms with Crippen molar-refractivity contribution in [1.82, 2.24) is 20.9 Å². The number of nitrogens with zero attached hydrogens (tertiary/aromatic N) is 1. The Morgan fingerprint density at radius 1 is 0.600 bits per heavy atom. The Labute approximate surface area is 327 Å². The lowest BCUT2D eigenvalue weighted by Gasteiger charge is -2.24. The minimum Gasteiger partial charge on any atom is -0.481 e. The van der Waals surface area contributed by atoms with Crippen LogP contribution in [0, 0.1) is 35.5 Å². The Balaban J connectivity index is 1.15. The molecule has 55 heavy (non-hydrogen) atoms. The van der Waals surface area contributed by atoms with Crippen molar-refractivity contribution in [2.45, 2.75) is 58.2 Å². The molecule has 3 saturated heterocycles. The fraction of sp³-hybridized carbons (Fsp3) is 0.477. The maximum absolute atomic E-state index is 12.3. The SMILES string of the molecule is O=C(O)C(Cc1ccc2scc(CN(Cc3cccc(C[C@H](C(=O)O)[C@H]4CCNC4)c3)Cc3cccc(C[C@H](C(=O)O)[C@H]4CCNC4)c3)c2c1)[C@H]1CCNC1. The first-order valence-electron chi connectivity index (χ1n) is 19.9. The Bertz CT molecular complexity index is 1870. The zero-order valence-corrected chi connectivity index (χ0v) is 32.2. The zero-order valence-electron chi connectivity index (χ0n) is 31.4. The van der Waals surface area contributed by atoms with Crippen LogP contribution < -0.4 is 16.0 Å². The van der Waals surface area contributed by atoms with Crippen LogP contribution in [0.15, 0.2) is 72.1 Å². The van der Waals surface area contributed by atoms with Crippen LogP contribution >= 0.6 is 11.3 Å². The third kappa shape index (κ3) is 10.0. The molecule has 3 aliphatic heterocycles. The second kappa shape index (κ2) is 18.2. The summed E-state index contributed by atoms with van der Waals surface area (Å²) in [5.74, 6) is -3.16. The summed E-state index contributed by atoms with van der Waals surface area (Å²) in [6, 6.07) is 23.1. The minimum absolute atomic E-state index is 0.118. The fourth-order valence-electron chi connectivity index (χ4n) is 9.20. The van der Waals surface area contributed by atoms with E-state index in [-0.39, 0.29) is 17.8 Å². The average molecular weight is 767 g/mol. The van der Waals surface area contributed by atoms with Crippen molar-refractivity contribution in [3.05, 3.63) is 105 Å². The first kappa shape index (κ1) is 39.1. The molecule has 0 saturated carbocycles. The van der Waals surface area contributed by atoms with Crippen LogP contribution in [0.2, 0.25) is 0 Å². The van der Waals surface area contributed by atoms with Gasteiger partial charge in [0.1, 0.15) is 0 Å². The number of benzene rings is 3. The van der Waals surface area contributed by atoms with Crippen molar-refractivity contribution in [3.8, 4) is 0 Å². The number of aliphatic carboxylic acids is 3. The highest BCUT2D eigenvalue weighted by Crippen LogP contribution is 2.32. The highest BCUT2D eigenvalue weighted by atomic mass is 32.1. The Morgan fingerprint density at radius 3 is 1.45 bits per heavy atom. The topological polar surface area (TPSA) is 151 Å². The van der Waals surface area contributed by atoms with Crippen LogP contribution in [0.5, 0.6) is 0 Å². The molecule has 0 aliphatic carbocycles. The third-order valence-electron chi connectivity index (χ3n) is 12.2. The van der Waals surface area contributed by atoms with E-state index in [2.05, 4.69) is 68.7 Å². The van der Waals surface area contributed by atoms with Crippen molar-refractivity contribution in [3.63, 3.8) is 0 Å². The number of hydrogen-bond acceptors (Lipinski definition) is 8. The summed E-state index contributed by atoms with van der Waals surface area (Å²) in [4.78, 5) is 39.4. The molecule has 7 rings (SSSR count). The van der Waals surface area contributed by atoms with Crippen LogP contribution in [0.3, 0.4) is 0 Å². The quantitative estimate of drug-likeness (QED) is 0.0749. The van der Waals surface area contributed by atoms with Gasteiger partial charge in [-0.3, -0.25) is 19.3 Å². The highest BCUT2D eigenvalue weighted by molar-refractivity contribution is 7.17. The average Bonchev–Trinajstić information content (AvgIpc) is 4.01. The van der Waals surface area contributed by atoms with Crippen LogP contribution in [-0.4, -0.2) is 77.4 Å². The summed E-state index contributed by atoms with van der Waals surface area (Å²) < 4.78 is 1.17. The monoisotopic (exact) mass is 766 g/mol. The Morgan fingerprint density at radius 2 is 1.04 bits per heavy atom. The molecule has 3 aromatic carbocycles. The first-order valence-corrected chi connectivity index (χ1v) is 20.8. The van der Waals surface area contributed by atoms with E-state index in [4.69, 9.17) is 0 Å². The van der Waals surface area contributed by atoms with Gasteiger partial charge in [-0.15, -0.1) is 11.3 Å². The number of fused-ring (bicyclic) bond motifs is 1. The standard InChI is InChI=1S/C44H54N4O6S/c49-42(50)38(33-9-12-45-21-33)18-28-3-1-5-31(15-28)24-48(25-32-6-2-4-29(16-32)19-39(43(51)52)34-10-13-46-22-34)26-36-27-55-41-8-7-30(17-37(36)41)20-40(44(53)54)35-11-14-47-23-35/h1-8,15-17,27,33-35,38-40,45-47H,9-14,18-26H2,(H,49,50)(H,51,52)(H,53,54)/t33-,34-,35-,38-,39-,40?/m0/s1. The molecule has 6 N–H and O–H groups in total. The largest absolute Gasteiger partial charge is 0.481 e. The van der Waals surface area contributed by atoms with Crippen molar-refractivity contribution in [2.75, 3.05) is 39.3 Å². The molecule has 4 heterocycles. The van der Waals surface area contributed by atoms with Crippen LogP contribution in [0.25, 0.3) is 10.1 Å². The summed E-state index contributed by atoms with van der Waals surface area (Å²) in [6.45, 7) is 6.72. The summed E-state index contributed by atoms with van der Waals surface area (Å²) in [7, 11) is 0. The van der Waals surface area contributed by atoms with E-state index in [9.17, 15) is 29.7 Å². The second-order valence-corrected chi connectivity index (χ2v) is 17.0. The van der Waals surface area contributed by atoms with Gasteiger partial charge in [0.15, 0.2) is 0 Å². The smallest absolute Gasteiger partial charge is 0.307 e. The number of thiophene rings is 1. The molecule has 1 aromatic heterocycles. The summed E-state index contributed by atoms with van der Waals surface area (Å²) >= 11 is 1.70. The lowest BCUT2D eigenvalue weighted by atomic mass is 9.86. The molecule has 0 radical (unpaired) electrons. The Hall–Kier alpha value is -4.13. The van der Waals surface area contributed by atoms with Gasteiger partial charge in [0, 0.05) is 24.3 Å². The normalized spacial score (nSPS) is 21.6. The maximum Gasteiger partial charge on any atom is 0.307 e. The molecule has 0 bridgehead atoms. The van der Waals surface area contributed by atoms with Crippen LogP contribution in [0.1, 0.15) is 52.6 Å². The Kier molecular flexibility index (Phi) is 13.0. The van der Waals surface area contributed by atoms with E-state index in [1.54, 1.807) is 11.3 Å². The molecule has 3 fully saturated rings. The molecular weight excluding hydrogens is 713 g/mol. The summed E-state index contributed by atoms with van der Waals surface area (Å²) in [5.41, 5.74) is 6.48. The third-order valence-corrected chi connectivity index (χ3v) is 13.2. The number of carboxylic acids is 3. The minimum atomic E-state index is -0.742. The highest BCUT2D eigenvalue weighted by Gasteiger charge is 2.33. The molecule has 1 unspecified atom stereocenters. The zero-order chi connectivity index (χ0) is 38.3. The van der Waals surface area contributed by atoms with E-state index in [0.29, 0.717) is 38.9 Å². The number of carbonyl (C=O) groups is 3. The number of rotatable bonds is 18. The van der Waals surface area contributed by atoms with Gasteiger partial charge in [0.2, 0.25) is 0 Å². The van der Waals surface area contributed by atoms with Gasteiger partial charge < -0.3 is 31.3 Å². The molecule has 0 amide bonds. The van der Waals surface area contributed by atoms with Gasteiger partial charge in [0.05, 0.1) is 17.8 Å². The predicted octanol–water partition coefficient (Wildman–Crippen LogP) is 5.66. The first-order chi connectivity index (χ1) is 26.7. The van der Waals surface area contributed by atoms with Crippen molar-refractivity contribution in [2.24, 2.45) is 35.5 Å². The second-order valence-electron chi connectivity index (χ2n) is 16.1. The molecule has 6 atom stereocenters. The lowest BCUT2D eigenvalue weighted by Crippen LogP contribution is -2.27. The van der Waals surface area contributed by atoms with Gasteiger partial charge in [-0.05, 0) is 152 Å². The van der Waals surface area contributed by atoms with Crippen molar-refractivity contribution >= 4 is 39.3 Å². The number of hydrogen-bond donors (Lipinski definition) is 6. The predicted molar refractivity (Wildman–Crippen MR) is 215 cm³/mol. The van der Waals surface area contributed by atoms with E-state index in [1.807, 2.05) is 24.3 Å². The van der Waals surface area contributed by atoms with E-state index >= 15 is 0 Å². The van der Waals surface area contributed by atoms with Crippen LogP contribution in [-0.2, 0) is 53.3 Å². The summed E-state index contributed by atoms with van der Waals surface area (Å²) in [6.07, 6.45) is 4.11. The summed E-state index contributed by atoms with van der Waals surface area (Å²) in [5, 5.41) is 43.7. The fourth-order valence-corrected chi connectivity index (χ4v) is 10.1. The molecule has 0 spiro atoms. The van der Waals surface area contributed by atoms with Crippen molar-refractivity contribution < 1.29 is 29.7 Å². The van der Waals surface area contributed by atoms with Crippen LogP contribution in [0.4, 0.5) is 0 Å². The van der Waals surface area contributed by atoms with E-state index < -0.39 is 35.7 Å². The molecule has 4 aromatic rings. The van der Waals surface area contributed by atoms with Gasteiger partial charge >= 0.3 is 17.9 Å². The van der Waals surface area contributed by atoms with Gasteiger partial charge in [-0.1, -0.05) is 54.6 Å². The van der Waals surface area contributed by atoms with Gasteiger partial charge in [-0.25, -0.2) is 0 Å². The number of nitrogens with one attached hydrogen (secondary N) is 3. The molecule has 3 aliphatic rings. The lowest BCUT2D eigenvalue weighted by molar-refractivity contribution is -0.144. The maximum atomic E-state index is 12.3. The van der Waals surface area contributed by atoms with E-state index in [0.717, 1.165) is 91.7 Å². The molecule has 10 nitrogen and oxygen atoms in total. The van der Waals surface area contributed by atoms with Gasteiger partial charge in [0.25, 0.3) is 0 Å². The van der Waals surface area contributed by atoms with Crippen molar-refractivity contribution in [1.29, 1.82) is 0 Å². The molecular formula is C44H54N4O6S. The van der Waals surface area contributed by atoms with Gasteiger partial charge in [-0.2, -0.15) is 0 Å². The van der Waals surface area contributed by atoms with E-state index in [1.165, 1.54) is 10.3 Å². The molecule has 292 valence electrons. The number of carboxylic acid groups (broad SMARTS) is 3. The molecule has 11 heteroatoms.